The summed E-state index contributed by atoms with van der Waals surface area (Å²) < 4.78 is 7.54. The molecule has 0 aliphatic heterocycles. The molecule has 1 N–H and O–H groups in total. The number of aromatic nitrogens is 2. The minimum atomic E-state index is 0.534. The lowest BCUT2D eigenvalue weighted by Crippen LogP contribution is -2.18. The SMILES string of the molecule is C=CCOc1ccccc1CNCCc1ccnn1C. The van der Waals surface area contributed by atoms with E-state index < -0.39 is 0 Å². The molecule has 20 heavy (non-hydrogen) atoms. The van der Waals surface area contributed by atoms with E-state index in [-0.39, 0.29) is 0 Å². The minimum Gasteiger partial charge on any atom is -0.489 e. The summed E-state index contributed by atoms with van der Waals surface area (Å²) >= 11 is 0. The first kappa shape index (κ1) is 14.3. The molecule has 1 heterocycles. The summed E-state index contributed by atoms with van der Waals surface area (Å²) in [4.78, 5) is 0. The van der Waals surface area contributed by atoms with Crippen LogP contribution < -0.4 is 10.1 Å². The summed E-state index contributed by atoms with van der Waals surface area (Å²) in [6, 6.07) is 10.1. The molecule has 0 aliphatic rings. The predicted octanol–water partition coefficient (Wildman–Crippen LogP) is 2.32. The van der Waals surface area contributed by atoms with E-state index in [4.69, 9.17) is 4.74 Å². The highest BCUT2D eigenvalue weighted by atomic mass is 16.5. The first-order valence-electron chi connectivity index (χ1n) is 6.80. The Morgan fingerprint density at radius 2 is 2.20 bits per heavy atom. The summed E-state index contributed by atoms with van der Waals surface area (Å²) in [5.74, 6) is 0.917. The number of benzene rings is 1. The van der Waals surface area contributed by atoms with Gasteiger partial charge in [0.25, 0.3) is 0 Å². The van der Waals surface area contributed by atoms with Crippen molar-refractivity contribution in [1.29, 1.82) is 0 Å². The lowest BCUT2D eigenvalue weighted by atomic mass is 10.2. The molecule has 0 bridgehead atoms. The molecule has 0 spiro atoms. The summed E-state index contributed by atoms with van der Waals surface area (Å²) in [6.45, 7) is 5.91. The lowest BCUT2D eigenvalue weighted by Gasteiger charge is -2.11. The average Bonchev–Trinajstić information content (AvgIpc) is 2.88. The van der Waals surface area contributed by atoms with Crippen molar-refractivity contribution in [3.63, 3.8) is 0 Å². The second-order valence-corrected chi connectivity index (χ2v) is 4.58. The van der Waals surface area contributed by atoms with Crippen LogP contribution in [0.3, 0.4) is 0 Å². The Balaban J connectivity index is 1.81. The smallest absolute Gasteiger partial charge is 0.124 e. The van der Waals surface area contributed by atoms with Crippen molar-refractivity contribution in [3.05, 3.63) is 60.4 Å². The Morgan fingerprint density at radius 1 is 1.35 bits per heavy atom. The van der Waals surface area contributed by atoms with E-state index in [1.807, 2.05) is 42.2 Å². The van der Waals surface area contributed by atoms with Crippen LogP contribution in [-0.2, 0) is 20.0 Å². The molecule has 0 radical (unpaired) electrons. The number of nitrogens with zero attached hydrogens (tertiary/aromatic N) is 2. The third-order valence-corrected chi connectivity index (χ3v) is 3.13. The molecular weight excluding hydrogens is 250 g/mol. The maximum absolute atomic E-state index is 5.64. The monoisotopic (exact) mass is 271 g/mol. The molecule has 4 nitrogen and oxygen atoms in total. The fraction of sp³-hybridized carbons (Fsp3) is 0.312. The first-order valence-corrected chi connectivity index (χ1v) is 6.80. The fourth-order valence-corrected chi connectivity index (χ4v) is 2.03. The van der Waals surface area contributed by atoms with Crippen molar-refractivity contribution in [2.24, 2.45) is 7.05 Å². The molecule has 1 aromatic carbocycles. The molecular formula is C16H21N3O. The Hall–Kier alpha value is -2.07. The molecule has 0 amide bonds. The number of aryl methyl sites for hydroxylation is 1. The Bertz CT molecular complexity index is 548. The van der Waals surface area contributed by atoms with Crippen molar-refractivity contribution in [2.75, 3.05) is 13.2 Å². The van der Waals surface area contributed by atoms with Crippen LogP contribution in [-0.4, -0.2) is 22.9 Å². The molecule has 0 saturated carbocycles. The number of rotatable bonds is 8. The Labute approximate surface area is 120 Å². The molecule has 106 valence electrons. The van der Waals surface area contributed by atoms with Crippen LogP contribution in [0.25, 0.3) is 0 Å². The largest absolute Gasteiger partial charge is 0.489 e. The second-order valence-electron chi connectivity index (χ2n) is 4.58. The first-order chi connectivity index (χ1) is 9.81. The predicted molar refractivity (Wildman–Crippen MR) is 80.8 cm³/mol. The Kier molecular flexibility index (Phi) is 5.38. The Morgan fingerprint density at radius 3 is 2.95 bits per heavy atom. The minimum absolute atomic E-state index is 0.534. The normalized spacial score (nSPS) is 10.4. The highest BCUT2D eigenvalue weighted by molar-refractivity contribution is 5.33. The highest BCUT2D eigenvalue weighted by Gasteiger charge is 2.02. The van der Waals surface area contributed by atoms with Crippen molar-refractivity contribution in [1.82, 2.24) is 15.1 Å². The summed E-state index contributed by atoms with van der Waals surface area (Å²) in [5, 5.41) is 7.60. The van der Waals surface area contributed by atoms with Crippen LogP contribution in [0.2, 0.25) is 0 Å². The van der Waals surface area contributed by atoms with Crippen molar-refractivity contribution >= 4 is 0 Å². The number of nitrogens with one attached hydrogen (secondary N) is 1. The van der Waals surface area contributed by atoms with Gasteiger partial charge >= 0.3 is 0 Å². The molecule has 0 atom stereocenters. The van der Waals surface area contributed by atoms with E-state index >= 15 is 0 Å². The average molecular weight is 271 g/mol. The van der Waals surface area contributed by atoms with Crippen LogP contribution >= 0.6 is 0 Å². The lowest BCUT2D eigenvalue weighted by molar-refractivity contribution is 0.358. The maximum atomic E-state index is 5.64. The van der Waals surface area contributed by atoms with Gasteiger partial charge in [0.15, 0.2) is 0 Å². The number of ether oxygens (including phenoxy) is 1. The van der Waals surface area contributed by atoms with Crippen LogP contribution in [0.4, 0.5) is 0 Å². The van der Waals surface area contributed by atoms with Crippen LogP contribution in [0.1, 0.15) is 11.3 Å². The van der Waals surface area contributed by atoms with Gasteiger partial charge in [-0.2, -0.15) is 5.10 Å². The second kappa shape index (κ2) is 7.50. The molecule has 0 unspecified atom stereocenters. The van der Waals surface area contributed by atoms with E-state index in [9.17, 15) is 0 Å². The van der Waals surface area contributed by atoms with E-state index in [1.165, 1.54) is 11.3 Å². The van der Waals surface area contributed by atoms with Gasteiger partial charge in [-0.15, -0.1) is 0 Å². The van der Waals surface area contributed by atoms with Crippen LogP contribution in [0.5, 0.6) is 5.75 Å². The van der Waals surface area contributed by atoms with Crippen molar-refractivity contribution < 1.29 is 4.74 Å². The van der Waals surface area contributed by atoms with E-state index in [0.717, 1.165) is 25.3 Å². The van der Waals surface area contributed by atoms with E-state index in [2.05, 4.69) is 23.1 Å². The molecule has 2 rings (SSSR count). The zero-order chi connectivity index (χ0) is 14.2. The number of hydrogen-bond donors (Lipinski definition) is 1. The van der Waals surface area contributed by atoms with Gasteiger partial charge in [-0.1, -0.05) is 30.9 Å². The zero-order valence-electron chi connectivity index (χ0n) is 11.9. The zero-order valence-corrected chi connectivity index (χ0v) is 11.9. The van der Waals surface area contributed by atoms with Gasteiger partial charge in [-0.25, -0.2) is 0 Å². The van der Waals surface area contributed by atoms with E-state index in [1.54, 1.807) is 6.08 Å². The number of para-hydroxylation sites is 1. The van der Waals surface area contributed by atoms with Gasteiger partial charge in [0.05, 0.1) is 0 Å². The van der Waals surface area contributed by atoms with Gasteiger partial charge in [-0.05, 0) is 12.1 Å². The summed E-state index contributed by atoms with van der Waals surface area (Å²) in [7, 11) is 1.97. The van der Waals surface area contributed by atoms with Crippen LogP contribution in [0, 0.1) is 0 Å². The third kappa shape index (κ3) is 3.96. The van der Waals surface area contributed by atoms with Gasteiger partial charge in [0.2, 0.25) is 0 Å². The van der Waals surface area contributed by atoms with Gasteiger partial charge < -0.3 is 10.1 Å². The van der Waals surface area contributed by atoms with Gasteiger partial charge in [-0.3, -0.25) is 4.68 Å². The van der Waals surface area contributed by atoms with Gasteiger partial charge in [0.1, 0.15) is 12.4 Å². The van der Waals surface area contributed by atoms with Crippen LogP contribution in [0.15, 0.2) is 49.2 Å². The molecule has 0 aliphatic carbocycles. The quantitative estimate of drug-likeness (QED) is 0.591. The molecule has 2 aromatic rings. The number of hydrogen-bond acceptors (Lipinski definition) is 3. The summed E-state index contributed by atoms with van der Waals surface area (Å²) in [6.07, 6.45) is 4.55. The van der Waals surface area contributed by atoms with Gasteiger partial charge in [0, 0.05) is 44.0 Å². The molecule has 0 saturated heterocycles. The molecule has 4 heteroatoms. The topological polar surface area (TPSA) is 39.1 Å². The van der Waals surface area contributed by atoms with Crippen molar-refractivity contribution in [2.45, 2.75) is 13.0 Å². The van der Waals surface area contributed by atoms with E-state index in [0.29, 0.717) is 6.61 Å². The molecule has 1 aromatic heterocycles. The summed E-state index contributed by atoms with van der Waals surface area (Å²) in [5.41, 5.74) is 2.40. The van der Waals surface area contributed by atoms with Crippen molar-refractivity contribution in [3.8, 4) is 5.75 Å². The molecule has 0 fully saturated rings. The maximum Gasteiger partial charge on any atom is 0.124 e. The highest BCUT2D eigenvalue weighted by Crippen LogP contribution is 2.17. The fourth-order valence-electron chi connectivity index (χ4n) is 2.03. The standard InChI is InChI=1S/C16H21N3O/c1-3-12-20-16-7-5-4-6-14(16)13-17-10-8-15-9-11-18-19(15)2/h3-7,9,11,17H,1,8,10,12-13H2,2H3. The third-order valence-electron chi connectivity index (χ3n) is 3.13.